The third kappa shape index (κ3) is 4.60. The number of primary amides is 1. The first-order valence-corrected chi connectivity index (χ1v) is 8.23. The highest BCUT2D eigenvalue weighted by Gasteiger charge is 2.25. The Morgan fingerprint density at radius 2 is 1.95 bits per heavy atom. The minimum Gasteiger partial charge on any atom is -0.369 e. The number of likely N-dealkylation sites (tertiary alicyclic amines) is 1. The van der Waals surface area contributed by atoms with E-state index < -0.39 is 10.0 Å². The van der Waals surface area contributed by atoms with Gasteiger partial charge in [0.25, 0.3) is 0 Å². The fraction of sp³-hybridized carbons (Fsp3) is 0.545. The van der Waals surface area contributed by atoms with Crippen LogP contribution in [0.15, 0.2) is 17.3 Å². The number of halogens is 1. The van der Waals surface area contributed by atoms with Crippen molar-refractivity contribution in [2.24, 2.45) is 5.73 Å². The highest BCUT2D eigenvalue weighted by molar-refractivity contribution is 7.89. The Labute approximate surface area is 127 Å². The summed E-state index contributed by atoms with van der Waals surface area (Å²) in [6.07, 6.45) is 3.56. The summed E-state index contributed by atoms with van der Waals surface area (Å²) < 4.78 is 26.9. The normalized spacial score (nSPS) is 17.8. The summed E-state index contributed by atoms with van der Waals surface area (Å²) in [6.45, 7) is 1.44. The fourth-order valence-electron chi connectivity index (χ4n) is 2.16. The number of nitrogens with one attached hydrogen (secondary N) is 1. The van der Waals surface area contributed by atoms with Crippen LogP contribution in [0.5, 0.6) is 0 Å². The molecule has 0 aliphatic carbocycles. The second-order valence-corrected chi connectivity index (χ2v) is 6.88. The van der Waals surface area contributed by atoms with Crippen molar-refractivity contribution in [1.82, 2.24) is 19.6 Å². The largest absolute Gasteiger partial charge is 0.369 e. The van der Waals surface area contributed by atoms with Gasteiger partial charge >= 0.3 is 0 Å². The van der Waals surface area contributed by atoms with Gasteiger partial charge in [-0.3, -0.25) is 9.69 Å². The van der Waals surface area contributed by atoms with Gasteiger partial charge < -0.3 is 5.73 Å². The van der Waals surface area contributed by atoms with Crippen LogP contribution in [0, 0.1) is 0 Å². The molecule has 116 valence electrons. The van der Waals surface area contributed by atoms with Crippen LogP contribution in [0.4, 0.5) is 0 Å². The van der Waals surface area contributed by atoms with Gasteiger partial charge in [0.15, 0.2) is 0 Å². The number of carbonyl (C=O) groups is 1. The van der Waals surface area contributed by atoms with Crippen LogP contribution < -0.4 is 10.5 Å². The summed E-state index contributed by atoms with van der Waals surface area (Å²) >= 11 is 5.53. The van der Waals surface area contributed by atoms with E-state index in [1.54, 1.807) is 0 Å². The number of hydrogen-bond donors (Lipinski definition) is 2. The van der Waals surface area contributed by atoms with Crippen LogP contribution in [0.25, 0.3) is 0 Å². The van der Waals surface area contributed by atoms with Gasteiger partial charge in [0.1, 0.15) is 4.90 Å². The van der Waals surface area contributed by atoms with E-state index in [9.17, 15) is 13.2 Å². The molecule has 3 N–H and O–H groups in total. The van der Waals surface area contributed by atoms with Crippen LogP contribution >= 0.6 is 11.6 Å². The first kappa shape index (κ1) is 16.1. The molecular weight excluding hydrogens is 318 g/mol. The van der Waals surface area contributed by atoms with Gasteiger partial charge in [-0.25, -0.2) is 23.1 Å². The maximum atomic E-state index is 12.1. The summed E-state index contributed by atoms with van der Waals surface area (Å²) in [4.78, 5) is 20.0. The Balaban J connectivity index is 1.93. The quantitative estimate of drug-likeness (QED) is 0.692. The Bertz CT molecular complexity index is 599. The molecule has 1 aromatic rings. The lowest BCUT2D eigenvalue weighted by atomic mass is 10.1. The van der Waals surface area contributed by atoms with E-state index in [1.165, 1.54) is 12.4 Å². The molecule has 1 amide bonds. The van der Waals surface area contributed by atoms with Gasteiger partial charge in [0.2, 0.25) is 21.2 Å². The predicted octanol–water partition coefficient (Wildman–Crippen LogP) is -0.642. The maximum absolute atomic E-state index is 12.1. The zero-order valence-electron chi connectivity index (χ0n) is 11.2. The van der Waals surface area contributed by atoms with Gasteiger partial charge in [-0.2, -0.15) is 0 Å². The summed E-state index contributed by atoms with van der Waals surface area (Å²) in [5.74, 6) is -0.382. The number of nitrogens with two attached hydrogens (primary N) is 1. The van der Waals surface area contributed by atoms with Crippen molar-refractivity contribution in [2.75, 3.05) is 19.6 Å². The Hall–Kier alpha value is -1.29. The van der Waals surface area contributed by atoms with Crippen LogP contribution in [0.2, 0.25) is 5.28 Å². The molecule has 21 heavy (non-hydrogen) atoms. The maximum Gasteiger partial charge on any atom is 0.243 e. The van der Waals surface area contributed by atoms with Gasteiger partial charge in [-0.15, -0.1) is 0 Å². The monoisotopic (exact) mass is 333 g/mol. The topological polar surface area (TPSA) is 118 Å². The average Bonchev–Trinajstić information content (AvgIpc) is 2.40. The van der Waals surface area contributed by atoms with Crippen molar-refractivity contribution in [3.05, 3.63) is 17.7 Å². The van der Waals surface area contributed by atoms with Crippen molar-refractivity contribution >= 4 is 27.5 Å². The van der Waals surface area contributed by atoms with E-state index in [2.05, 4.69) is 14.7 Å². The molecule has 0 unspecified atom stereocenters. The number of piperidine rings is 1. The van der Waals surface area contributed by atoms with E-state index in [4.69, 9.17) is 17.3 Å². The van der Waals surface area contributed by atoms with E-state index in [1.807, 2.05) is 4.90 Å². The van der Waals surface area contributed by atoms with E-state index in [0.717, 1.165) is 0 Å². The Morgan fingerprint density at radius 1 is 1.38 bits per heavy atom. The average molecular weight is 334 g/mol. The highest BCUT2D eigenvalue weighted by Crippen LogP contribution is 2.14. The summed E-state index contributed by atoms with van der Waals surface area (Å²) in [5.41, 5.74) is 5.13. The molecule has 0 radical (unpaired) electrons. The number of amides is 1. The molecule has 1 fully saturated rings. The highest BCUT2D eigenvalue weighted by atomic mass is 35.5. The molecule has 8 nitrogen and oxygen atoms in total. The van der Waals surface area contributed by atoms with Crippen LogP contribution in [0.1, 0.15) is 12.8 Å². The molecule has 1 aliphatic rings. The molecule has 1 aromatic heterocycles. The van der Waals surface area contributed by atoms with Gasteiger partial charge in [-0.1, -0.05) is 0 Å². The minimum absolute atomic E-state index is 0.00582. The van der Waals surface area contributed by atoms with Gasteiger partial charge in [-0.05, 0) is 24.4 Å². The SMILES string of the molecule is NC(=O)CN1CCC(NS(=O)(=O)c2cnc(Cl)nc2)CC1. The second-order valence-electron chi connectivity index (χ2n) is 4.83. The first-order chi connectivity index (χ1) is 9.87. The molecule has 0 saturated carbocycles. The lowest BCUT2D eigenvalue weighted by Gasteiger charge is -2.31. The number of nitrogens with zero attached hydrogens (tertiary/aromatic N) is 3. The number of hydrogen-bond acceptors (Lipinski definition) is 6. The molecule has 0 aromatic carbocycles. The number of rotatable bonds is 5. The molecule has 2 heterocycles. The van der Waals surface area contributed by atoms with Crippen LogP contribution in [0.3, 0.4) is 0 Å². The summed E-state index contributed by atoms with van der Waals surface area (Å²) in [6, 6.07) is -0.185. The third-order valence-corrected chi connectivity index (χ3v) is 4.87. The Morgan fingerprint density at radius 3 is 2.48 bits per heavy atom. The zero-order valence-corrected chi connectivity index (χ0v) is 12.8. The van der Waals surface area contributed by atoms with Crippen molar-refractivity contribution < 1.29 is 13.2 Å². The fourth-order valence-corrected chi connectivity index (χ4v) is 3.45. The van der Waals surface area contributed by atoms with Gasteiger partial charge in [0.05, 0.1) is 18.9 Å². The number of carbonyl (C=O) groups excluding carboxylic acids is 1. The Kier molecular flexibility index (Phi) is 5.09. The van der Waals surface area contributed by atoms with Gasteiger partial charge in [0, 0.05) is 19.1 Å². The van der Waals surface area contributed by atoms with Crippen LogP contribution in [-0.2, 0) is 14.8 Å². The summed E-state index contributed by atoms with van der Waals surface area (Å²) in [5, 5.41) is -0.00582. The molecule has 0 atom stereocenters. The minimum atomic E-state index is -3.66. The number of sulfonamides is 1. The molecular formula is C11H16ClN5O3S. The smallest absolute Gasteiger partial charge is 0.243 e. The standard InChI is InChI=1S/C11H16ClN5O3S/c12-11-14-5-9(6-15-11)21(19,20)16-8-1-3-17(4-2-8)7-10(13)18/h5-6,8,16H,1-4,7H2,(H2,13,18). The second kappa shape index (κ2) is 6.65. The first-order valence-electron chi connectivity index (χ1n) is 6.37. The van der Waals surface area contributed by atoms with Crippen molar-refractivity contribution in [3.8, 4) is 0 Å². The lowest BCUT2D eigenvalue weighted by Crippen LogP contribution is -2.46. The van der Waals surface area contributed by atoms with Crippen LogP contribution in [-0.4, -0.2) is 54.9 Å². The van der Waals surface area contributed by atoms with E-state index in [0.29, 0.717) is 25.9 Å². The van der Waals surface area contributed by atoms with Crippen molar-refractivity contribution in [3.63, 3.8) is 0 Å². The van der Waals surface area contributed by atoms with Crippen molar-refractivity contribution in [1.29, 1.82) is 0 Å². The zero-order chi connectivity index (χ0) is 15.5. The molecule has 0 spiro atoms. The molecule has 2 rings (SSSR count). The van der Waals surface area contributed by atoms with Crippen molar-refractivity contribution in [2.45, 2.75) is 23.8 Å². The summed E-state index contributed by atoms with van der Waals surface area (Å²) in [7, 11) is -3.66. The predicted molar refractivity (Wildman–Crippen MR) is 76.0 cm³/mol. The van der Waals surface area contributed by atoms with E-state index in [-0.39, 0.29) is 28.7 Å². The molecule has 1 aliphatic heterocycles. The lowest BCUT2D eigenvalue weighted by molar-refractivity contribution is -0.119. The van der Waals surface area contributed by atoms with E-state index >= 15 is 0 Å². The molecule has 0 bridgehead atoms. The number of aromatic nitrogens is 2. The molecule has 10 heteroatoms. The molecule has 1 saturated heterocycles. The third-order valence-electron chi connectivity index (χ3n) is 3.20.